The zero-order chi connectivity index (χ0) is 54.4. The summed E-state index contributed by atoms with van der Waals surface area (Å²) < 4.78 is 18.5. The van der Waals surface area contributed by atoms with Crippen molar-refractivity contribution < 1.29 is 43.3 Å². The number of aliphatic hydroxyl groups is 1. The summed E-state index contributed by atoms with van der Waals surface area (Å²) in [5, 5.41) is 29.2. The summed E-state index contributed by atoms with van der Waals surface area (Å²) in [7, 11) is 1.35. The smallest absolute Gasteiger partial charge is 0.308 e. The number of anilines is 1. The number of likely N-dealkylation sites (tertiary alicyclic amines) is 1. The molecule has 2 aliphatic heterocycles. The van der Waals surface area contributed by atoms with E-state index in [4.69, 9.17) is 19.2 Å². The van der Waals surface area contributed by atoms with E-state index in [1.54, 1.807) is 22.7 Å². The monoisotopic (exact) mass is 1070 g/mol. The summed E-state index contributed by atoms with van der Waals surface area (Å²) in [6, 6.07) is 19.9. The lowest BCUT2D eigenvalue weighted by Gasteiger charge is -2.35. The molecule has 8 rings (SSSR count). The number of rotatable bonds is 19. The van der Waals surface area contributed by atoms with E-state index in [-0.39, 0.29) is 63.5 Å². The van der Waals surface area contributed by atoms with Gasteiger partial charge in [-0.3, -0.25) is 33.5 Å². The molecule has 0 saturated carbocycles. The maximum absolute atomic E-state index is 14.1. The summed E-state index contributed by atoms with van der Waals surface area (Å²) in [4.78, 5) is 79.6. The number of hydrogen-bond donors (Lipinski definition) is 4. The Bertz CT molecular complexity index is 3100. The molecule has 3 aromatic heterocycles. The third-order valence-corrected chi connectivity index (χ3v) is 15.8. The van der Waals surface area contributed by atoms with Crippen molar-refractivity contribution in [2.45, 2.75) is 111 Å². The van der Waals surface area contributed by atoms with Gasteiger partial charge in [-0.05, 0) is 93.0 Å². The van der Waals surface area contributed by atoms with Crippen molar-refractivity contribution in [1.82, 2.24) is 35.3 Å². The molecule has 5 atom stereocenters. The lowest BCUT2D eigenvalue weighted by molar-refractivity contribution is -0.144. The van der Waals surface area contributed by atoms with Gasteiger partial charge in [-0.2, -0.15) is 0 Å². The molecular weight excluding hydrogens is 1010 g/mol. The molecule has 76 heavy (non-hydrogen) atoms. The van der Waals surface area contributed by atoms with E-state index in [0.717, 1.165) is 59.5 Å². The van der Waals surface area contributed by atoms with Gasteiger partial charge in [-0.15, -0.1) is 32.9 Å². The highest BCUT2D eigenvalue weighted by Gasteiger charge is 2.45. The van der Waals surface area contributed by atoms with Crippen molar-refractivity contribution >= 4 is 63.7 Å². The van der Waals surface area contributed by atoms with Gasteiger partial charge in [0.25, 0.3) is 0 Å². The lowest BCUT2D eigenvalue weighted by atomic mass is 9.85. The van der Waals surface area contributed by atoms with Crippen LogP contribution in [-0.4, -0.2) is 117 Å². The summed E-state index contributed by atoms with van der Waals surface area (Å²) in [5.74, 6) is -0.0437. The van der Waals surface area contributed by atoms with Crippen LogP contribution in [-0.2, 0) is 39.9 Å². The van der Waals surface area contributed by atoms with Gasteiger partial charge in [0, 0.05) is 41.1 Å². The number of esters is 1. The number of carbonyl (C=O) groups is 5. The van der Waals surface area contributed by atoms with Crippen molar-refractivity contribution in [2.75, 3.05) is 38.8 Å². The first kappa shape index (κ1) is 55.1. The number of thiophene rings is 1. The Balaban J connectivity index is 0.773. The fourth-order valence-corrected chi connectivity index (χ4v) is 11.3. The van der Waals surface area contributed by atoms with E-state index in [2.05, 4.69) is 45.0 Å². The first-order chi connectivity index (χ1) is 36.3. The van der Waals surface area contributed by atoms with Crippen LogP contribution in [0.25, 0.3) is 15.4 Å². The van der Waals surface area contributed by atoms with E-state index < -0.39 is 47.4 Å². The molecule has 0 radical (unpaired) electrons. The van der Waals surface area contributed by atoms with Gasteiger partial charge in [0.1, 0.15) is 47.9 Å². The van der Waals surface area contributed by atoms with E-state index >= 15 is 0 Å². The Morgan fingerprint density at radius 1 is 0.882 bits per heavy atom. The largest absolute Gasteiger partial charge is 0.491 e. The molecule has 0 aliphatic carbocycles. The molecule has 400 valence electrons. The topological polar surface area (TPSA) is 229 Å². The normalized spacial score (nSPS) is 16.9. The molecule has 2 aliphatic rings. The number of fused-ring (bicyclic) bond motifs is 3. The highest BCUT2D eigenvalue weighted by atomic mass is 32.1. The van der Waals surface area contributed by atoms with Crippen LogP contribution in [0, 0.1) is 33.1 Å². The van der Waals surface area contributed by atoms with Crippen LogP contribution < -0.4 is 20.7 Å². The number of aromatic nitrogens is 4. The quantitative estimate of drug-likeness (QED) is 0.0457. The van der Waals surface area contributed by atoms with Crippen molar-refractivity contribution in [3.63, 3.8) is 0 Å². The number of carbonyl (C=O) groups excluding carboxylic acids is 5. The second kappa shape index (κ2) is 23.8. The maximum atomic E-state index is 14.1. The van der Waals surface area contributed by atoms with Crippen LogP contribution in [0.3, 0.4) is 0 Å². The van der Waals surface area contributed by atoms with Crippen LogP contribution in [0.1, 0.15) is 109 Å². The number of aliphatic hydroxyl groups excluding tert-OH is 1. The Kier molecular flexibility index (Phi) is 17.3. The zero-order valence-corrected chi connectivity index (χ0v) is 45.9. The predicted octanol–water partition coefficient (Wildman–Crippen LogP) is 7.48. The standard InChI is InChI=1S/C56H65N9O9S2/c1-31-34(4)76-55-48(31)49(60-43(27-47(69)72-9)52-63-62-35(5)65(52)55)38-17-19-40(20-18-38)59-45(67)23-12-36-10-21-42(22-11-36)74-25-24-73-29-46(68)61-51(56(6,7)8)54(71)64-28-41(66)26-44(64)53(70)58-32(2)37-13-15-39(16-14-37)50-33(3)57-30-75-50/h10-11,13-22,30,32,41,43-44,51,66H,12,23-29H2,1-9H3,(H,58,70)(H,59,67)(H,61,68)/t32-,41+,43-,44-,51+/m0/s1. The molecule has 18 nitrogen and oxygen atoms in total. The number of thiazole rings is 1. The molecule has 5 heterocycles. The average molecular weight is 1070 g/mol. The van der Waals surface area contributed by atoms with Crippen LogP contribution in [0.15, 0.2) is 83.3 Å². The number of methoxy groups -OCH3 is 1. The molecule has 4 N–H and O–H groups in total. The molecule has 20 heteroatoms. The Labute approximate surface area is 450 Å². The van der Waals surface area contributed by atoms with E-state index in [1.165, 1.54) is 12.0 Å². The Morgan fingerprint density at radius 3 is 2.26 bits per heavy atom. The molecule has 6 aromatic rings. The summed E-state index contributed by atoms with van der Waals surface area (Å²) in [6.07, 6.45) is -0.0745. The number of aryl methyl sites for hydroxylation is 4. The van der Waals surface area contributed by atoms with Crippen LogP contribution in [0.2, 0.25) is 0 Å². The minimum Gasteiger partial charge on any atom is -0.491 e. The van der Waals surface area contributed by atoms with E-state index in [9.17, 15) is 29.1 Å². The molecule has 1 saturated heterocycles. The van der Waals surface area contributed by atoms with E-state index in [1.807, 2.05) is 124 Å². The number of β-amino-alcohol motifs (C(OH)–C–C–N with tert-alkyl or cyclic N) is 1. The highest BCUT2D eigenvalue weighted by Crippen LogP contribution is 2.40. The fourth-order valence-electron chi connectivity index (χ4n) is 9.31. The summed E-state index contributed by atoms with van der Waals surface area (Å²) in [6.45, 7) is 15.2. The Hall–Kier alpha value is -7.13. The maximum Gasteiger partial charge on any atom is 0.308 e. The zero-order valence-electron chi connectivity index (χ0n) is 44.3. The highest BCUT2D eigenvalue weighted by molar-refractivity contribution is 7.15. The lowest BCUT2D eigenvalue weighted by Crippen LogP contribution is -2.58. The molecule has 4 amide bonds. The van der Waals surface area contributed by atoms with Crippen LogP contribution >= 0.6 is 22.7 Å². The second-order valence-corrected chi connectivity index (χ2v) is 22.3. The first-order valence-electron chi connectivity index (χ1n) is 25.2. The first-order valence-corrected chi connectivity index (χ1v) is 26.9. The van der Waals surface area contributed by atoms with Crippen LogP contribution in [0.5, 0.6) is 5.75 Å². The number of ether oxygens (including phenoxy) is 3. The van der Waals surface area contributed by atoms with Gasteiger partial charge < -0.3 is 40.2 Å². The number of hydrogen-bond acceptors (Lipinski definition) is 15. The van der Waals surface area contributed by atoms with Crippen molar-refractivity contribution in [3.8, 4) is 21.2 Å². The van der Waals surface area contributed by atoms with Gasteiger partial charge in [0.15, 0.2) is 5.82 Å². The summed E-state index contributed by atoms with van der Waals surface area (Å²) >= 11 is 3.19. The van der Waals surface area contributed by atoms with Gasteiger partial charge >= 0.3 is 5.97 Å². The van der Waals surface area contributed by atoms with Crippen molar-refractivity contribution in [3.05, 3.63) is 128 Å². The Morgan fingerprint density at radius 2 is 1.59 bits per heavy atom. The van der Waals surface area contributed by atoms with E-state index in [0.29, 0.717) is 29.5 Å². The summed E-state index contributed by atoms with van der Waals surface area (Å²) in [5.41, 5.74) is 9.12. The van der Waals surface area contributed by atoms with Crippen molar-refractivity contribution in [1.29, 1.82) is 0 Å². The minimum atomic E-state index is -1.000. The number of benzene rings is 3. The van der Waals surface area contributed by atoms with Gasteiger partial charge in [-0.1, -0.05) is 69.3 Å². The molecule has 1 fully saturated rings. The SMILES string of the molecule is COC(=O)C[C@@H]1N=C(c2ccc(NC(=O)CCc3ccc(OCCOCC(=O)N[C@H](C(=O)N4C[C@H](O)C[C@H]4C(=O)N[C@@H](C)c4ccc(-c5scnc5C)cc4)C(C)(C)C)cc3)cc2)c2c(sc(C)c2C)-n2c(C)nnc21. The third kappa shape index (κ3) is 12.7. The molecule has 3 aromatic carbocycles. The fraction of sp³-hybridized carbons (Fsp3) is 0.411. The second-order valence-electron chi connectivity index (χ2n) is 20.2. The number of nitrogens with zero attached hydrogens (tertiary/aromatic N) is 6. The number of nitrogens with one attached hydrogen (secondary N) is 3. The predicted molar refractivity (Wildman–Crippen MR) is 291 cm³/mol. The van der Waals surface area contributed by atoms with Gasteiger partial charge in [0.05, 0.1) is 54.1 Å². The molecule has 0 bridgehead atoms. The minimum absolute atomic E-state index is 0.00454. The number of amides is 4. The van der Waals surface area contributed by atoms with Gasteiger partial charge in [0.2, 0.25) is 23.6 Å². The average Bonchev–Trinajstić information content (AvgIpc) is 4.19. The van der Waals surface area contributed by atoms with Crippen molar-refractivity contribution in [2.24, 2.45) is 10.4 Å². The number of aliphatic imine (C=N–C) groups is 1. The van der Waals surface area contributed by atoms with Gasteiger partial charge in [-0.25, -0.2) is 4.98 Å². The molecule has 0 unspecified atom stereocenters. The molecular formula is C56H65N9O9S2. The third-order valence-electron chi connectivity index (χ3n) is 13.6. The van der Waals surface area contributed by atoms with Crippen LogP contribution in [0.4, 0.5) is 5.69 Å². The molecule has 0 spiro atoms.